The van der Waals surface area contributed by atoms with Crippen LogP contribution in [0, 0.1) is 0 Å². The lowest BCUT2D eigenvalue weighted by molar-refractivity contribution is 0.0216. The van der Waals surface area contributed by atoms with E-state index in [0.717, 1.165) is 39.0 Å². The number of nitrogens with one attached hydrogen (secondary N) is 1. The maximum atomic E-state index is 12.8. The Morgan fingerprint density at radius 2 is 2.00 bits per heavy atom. The van der Waals surface area contributed by atoms with Crippen molar-refractivity contribution in [3.05, 3.63) is 53.6 Å². The minimum absolute atomic E-state index is 0.126. The van der Waals surface area contributed by atoms with Crippen LogP contribution in [0.5, 0.6) is 5.75 Å². The Hall–Kier alpha value is -2.57. The van der Waals surface area contributed by atoms with Crippen LogP contribution in [0.15, 0.2) is 42.5 Å². The van der Waals surface area contributed by atoms with Crippen LogP contribution in [0.3, 0.4) is 0 Å². The quantitative estimate of drug-likeness (QED) is 0.376. The first-order chi connectivity index (χ1) is 13.1. The molecule has 1 saturated heterocycles. The molecule has 2 aromatic carbocycles. The van der Waals surface area contributed by atoms with Gasteiger partial charge in [0, 0.05) is 18.7 Å². The third-order valence-electron chi connectivity index (χ3n) is 4.66. The van der Waals surface area contributed by atoms with Gasteiger partial charge in [-0.3, -0.25) is 4.79 Å². The first-order valence-electron chi connectivity index (χ1n) is 9.39. The second-order valence-electron chi connectivity index (χ2n) is 6.71. The summed E-state index contributed by atoms with van der Waals surface area (Å²) < 4.78 is 11.6. The van der Waals surface area contributed by atoms with Crippen molar-refractivity contribution >= 4 is 17.2 Å². The maximum absolute atomic E-state index is 12.8. The zero-order valence-corrected chi connectivity index (χ0v) is 15.4. The summed E-state index contributed by atoms with van der Waals surface area (Å²) in [6.45, 7) is 3.20. The number of carbonyl (C=O) groups is 1. The smallest absolute Gasteiger partial charge is 0.196 e. The van der Waals surface area contributed by atoms with E-state index < -0.39 is 0 Å². The SMILES string of the molecule is Nc1ccc(C(=O)c2ccccc2OCCCCC2CNCCO2)cc1N. The van der Waals surface area contributed by atoms with E-state index in [1.54, 1.807) is 24.3 Å². The van der Waals surface area contributed by atoms with Gasteiger partial charge in [-0.25, -0.2) is 0 Å². The Kier molecular flexibility index (Phi) is 6.68. The molecule has 6 heteroatoms. The average molecular weight is 369 g/mol. The van der Waals surface area contributed by atoms with Crippen molar-refractivity contribution in [2.75, 3.05) is 37.8 Å². The zero-order chi connectivity index (χ0) is 19.1. The molecule has 0 bridgehead atoms. The molecule has 6 nitrogen and oxygen atoms in total. The fourth-order valence-corrected chi connectivity index (χ4v) is 3.11. The normalized spacial score (nSPS) is 16.8. The molecule has 27 heavy (non-hydrogen) atoms. The van der Waals surface area contributed by atoms with Crippen LogP contribution in [-0.4, -0.2) is 38.2 Å². The third kappa shape index (κ3) is 5.21. The van der Waals surface area contributed by atoms with Crippen molar-refractivity contribution in [2.24, 2.45) is 0 Å². The molecule has 1 aliphatic heterocycles. The number of morpholine rings is 1. The molecule has 0 amide bonds. The lowest BCUT2D eigenvalue weighted by Gasteiger charge is -2.23. The molecule has 0 radical (unpaired) electrons. The van der Waals surface area contributed by atoms with Crippen molar-refractivity contribution in [1.82, 2.24) is 5.32 Å². The summed E-state index contributed by atoms with van der Waals surface area (Å²) in [4.78, 5) is 12.8. The second kappa shape index (κ2) is 9.39. The highest BCUT2D eigenvalue weighted by molar-refractivity contribution is 6.11. The highest BCUT2D eigenvalue weighted by atomic mass is 16.5. The monoisotopic (exact) mass is 369 g/mol. The van der Waals surface area contributed by atoms with Gasteiger partial charge in [0.15, 0.2) is 5.78 Å². The summed E-state index contributed by atoms with van der Waals surface area (Å²) in [5.41, 5.74) is 13.5. The van der Waals surface area contributed by atoms with Crippen molar-refractivity contribution in [2.45, 2.75) is 25.4 Å². The zero-order valence-electron chi connectivity index (χ0n) is 15.4. The average Bonchev–Trinajstić information content (AvgIpc) is 2.70. The van der Waals surface area contributed by atoms with Crippen molar-refractivity contribution in [3.63, 3.8) is 0 Å². The molecule has 0 saturated carbocycles. The number of anilines is 2. The highest BCUT2D eigenvalue weighted by Crippen LogP contribution is 2.24. The Morgan fingerprint density at radius 1 is 1.15 bits per heavy atom. The van der Waals surface area contributed by atoms with Gasteiger partial charge in [0.2, 0.25) is 0 Å². The van der Waals surface area contributed by atoms with E-state index in [9.17, 15) is 4.79 Å². The fourth-order valence-electron chi connectivity index (χ4n) is 3.11. The predicted molar refractivity (Wildman–Crippen MR) is 107 cm³/mol. The summed E-state index contributed by atoms with van der Waals surface area (Å²) in [7, 11) is 0. The number of ether oxygens (including phenoxy) is 2. The lowest BCUT2D eigenvalue weighted by atomic mass is 10.0. The number of hydrogen-bond donors (Lipinski definition) is 3. The topological polar surface area (TPSA) is 99.6 Å². The van der Waals surface area contributed by atoms with E-state index in [4.69, 9.17) is 20.9 Å². The van der Waals surface area contributed by atoms with E-state index in [1.165, 1.54) is 0 Å². The van der Waals surface area contributed by atoms with Gasteiger partial charge in [-0.15, -0.1) is 0 Å². The summed E-state index contributed by atoms with van der Waals surface area (Å²) in [5, 5.41) is 3.33. The number of benzene rings is 2. The molecule has 1 heterocycles. The molecule has 1 unspecified atom stereocenters. The van der Waals surface area contributed by atoms with Crippen molar-refractivity contribution in [1.29, 1.82) is 0 Å². The molecule has 144 valence electrons. The maximum Gasteiger partial charge on any atom is 0.196 e. The van der Waals surface area contributed by atoms with Gasteiger partial charge < -0.3 is 26.3 Å². The van der Waals surface area contributed by atoms with Crippen LogP contribution < -0.4 is 21.5 Å². The van der Waals surface area contributed by atoms with Gasteiger partial charge in [-0.2, -0.15) is 0 Å². The van der Waals surface area contributed by atoms with Crippen molar-refractivity contribution < 1.29 is 14.3 Å². The summed E-state index contributed by atoms with van der Waals surface area (Å²) in [5.74, 6) is 0.465. The van der Waals surface area contributed by atoms with Crippen LogP contribution in [-0.2, 0) is 4.74 Å². The number of nitrogens with two attached hydrogens (primary N) is 2. The standard InChI is InChI=1S/C21H27N3O3/c22-18-9-8-15(13-19(18)23)21(25)17-6-1-2-7-20(17)27-11-4-3-5-16-14-24-10-12-26-16/h1-2,6-9,13,16,24H,3-5,10-12,14,22-23H2. The van der Waals surface area contributed by atoms with Crippen molar-refractivity contribution in [3.8, 4) is 5.75 Å². The molecular formula is C21H27N3O3. The number of hydrogen-bond acceptors (Lipinski definition) is 6. The lowest BCUT2D eigenvalue weighted by Crippen LogP contribution is -2.38. The van der Waals surface area contributed by atoms with Gasteiger partial charge in [0.05, 0.1) is 36.3 Å². The van der Waals surface area contributed by atoms with E-state index in [0.29, 0.717) is 41.0 Å². The number of ketones is 1. The molecule has 2 aromatic rings. The van der Waals surface area contributed by atoms with Crippen LogP contribution >= 0.6 is 0 Å². The minimum atomic E-state index is -0.126. The molecule has 0 aromatic heterocycles. The summed E-state index contributed by atoms with van der Waals surface area (Å²) in [6.07, 6.45) is 3.25. The Balaban J connectivity index is 1.55. The van der Waals surface area contributed by atoms with Gasteiger partial charge in [-0.1, -0.05) is 12.1 Å². The van der Waals surface area contributed by atoms with Crippen LogP contribution in [0.2, 0.25) is 0 Å². The third-order valence-corrected chi connectivity index (χ3v) is 4.66. The first kappa shape index (κ1) is 19.2. The van der Waals surface area contributed by atoms with Gasteiger partial charge in [-0.05, 0) is 49.6 Å². The van der Waals surface area contributed by atoms with Crippen LogP contribution in [0.1, 0.15) is 35.2 Å². The Bertz CT molecular complexity index is 773. The Labute approximate surface area is 159 Å². The molecule has 1 atom stereocenters. The number of carbonyl (C=O) groups excluding carboxylic acids is 1. The molecule has 3 rings (SSSR count). The number of rotatable bonds is 8. The minimum Gasteiger partial charge on any atom is -0.493 e. The Morgan fingerprint density at radius 3 is 2.78 bits per heavy atom. The first-order valence-corrected chi connectivity index (χ1v) is 9.39. The molecule has 5 N–H and O–H groups in total. The van der Waals surface area contributed by atoms with Gasteiger partial charge in [0.25, 0.3) is 0 Å². The number of nitrogen functional groups attached to an aromatic ring is 2. The highest BCUT2D eigenvalue weighted by Gasteiger charge is 2.16. The van der Waals surface area contributed by atoms with Gasteiger partial charge >= 0.3 is 0 Å². The van der Waals surface area contributed by atoms with Crippen LogP contribution in [0.4, 0.5) is 11.4 Å². The number of para-hydroxylation sites is 1. The van der Waals surface area contributed by atoms with E-state index in [-0.39, 0.29) is 5.78 Å². The second-order valence-corrected chi connectivity index (χ2v) is 6.71. The fraction of sp³-hybridized carbons (Fsp3) is 0.381. The summed E-state index contributed by atoms with van der Waals surface area (Å²) >= 11 is 0. The summed E-state index contributed by atoms with van der Waals surface area (Å²) in [6, 6.07) is 12.2. The molecule has 0 aliphatic carbocycles. The van der Waals surface area contributed by atoms with Gasteiger partial charge in [0.1, 0.15) is 5.75 Å². The van der Waals surface area contributed by atoms with Crippen LogP contribution in [0.25, 0.3) is 0 Å². The molecule has 0 spiro atoms. The predicted octanol–water partition coefficient (Wildman–Crippen LogP) is 2.62. The van der Waals surface area contributed by atoms with E-state index in [2.05, 4.69) is 5.32 Å². The number of unbranched alkanes of at least 4 members (excludes halogenated alkanes) is 1. The molecular weight excluding hydrogens is 342 g/mol. The largest absolute Gasteiger partial charge is 0.493 e. The molecule has 1 fully saturated rings. The molecule has 1 aliphatic rings. The van der Waals surface area contributed by atoms with E-state index >= 15 is 0 Å². The van der Waals surface area contributed by atoms with E-state index in [1.807, 2.05) is 18.2 Å².